The number of aromatic nitrogens is 2. The molecule has 9 heteroatoms. The molecule has 29 heavy (non-hydrogen) atoms. The number of hydrogen-bond acceptors (Lipinski definition) is 6. The van der Waals surface area contributed by atoms with Crippen LogP contribution in [0.2, 0.25) is 0 Å². The van der Waals surface area contributed by atoms with E-state index in [0.717, 1.165) is 37.6 Å². The molecule has 0 saturated carbocycles. The van der Waals surface area contributed by atoms with Crippen LogP contribution in [0.3, 0.4) is 0 Å². The molecule has 2 heterocycles. The maximum Gasteiger partial charge on any atom is 0.246 e. The molecule has 2 aromatic rings. The van der Waals surface area contributed by atoms with E-state index in [1.54, 1.807) is 7.05 Å². The molecule has 1 unspecified atom stereocenters. The Labute approximate surface area is 189 Å². The van der Waals surface area contributed by atoms with Crippen LogP contribution in [0.25, 0.3) is 0 Å². The zero-order chi connectivity index (χ0) is 19.8. The molecule has 3 rings (SSSR count). The third-order valence-electron chi connectivity index (χ3n) is 4.66. The average molecular weight is 515 g/mol. The van der Waals surface area contributed by atoms with Crippen LogP contribution in [0.1, 0.15) is 44.5 Å². The fourth-order valence-corrected chi connectivity index (χ4v) is 3.19. The lowest BCUT2D eigenvalue weighted by molar-refractivity contribution is 0.0683. The lowest BCUT2D eigenvalue weighted by Crippen LogP contribution is -2.47. The number of hydrogen-bond donors (Lipinski definition) is 1. The number of piperidine rings is 1. The quantitative estimate of drug-likeness (QED) is 0.344. The van der Waals surface area contributed by atoms with Crippen LogP contribution in [-0.2, 0) is 11.3 Å². The first-order chi connectivity index (χ1) is 13.7. The largest absolute Gasteiger partial charge is 0.490 e. The summed E-state index contributed by atoms with van der Waals surface area (Å²) in [5, 5.41) is 7.28. The fourth-order valence-electron chi connectivity index (χ4n) is 3.19. The Bertz CT molecular complexity index is 748. The van der Waals surface area contributed by atoms with E-state index < -0.39 is 0 Å². The van der Waals surface area contributed by atoms with Crippen molar-refractivity contribution in [3.8, 4) is 5.75 Å². The van der Waals surface area contributed by atoms with Crippen molar-refractivity contribution in [1.29, 1.82) is 0 Å². The Hall–Kier alpha value is -1.88. The second-order valence-electron chi connectivity index (χ2n) is 6.66. The molecule has 1 aromatic heterocycles. The summed E-state index contributed by atoms with van der Waals surface area (Å²) in [6.45, 7) is 6.66. The molecule has 1 aromatic carbocycles. The number of guanidine groups is 1. The summed E-state index contributed by atoms with van der Waals surface area (Å²) in [6.07, 6.45) is 1.96. The molecule has 1 fully saturated rings. The third kappa shape index (κ3) is 6.84. The van der Waals surface area contributed by atoms with Crippen LogP contribution in [0.5, 0.6) is 5.75 Å². The van der Waals surface area contributed by atoms with Crippen molar-refractivity contribution in [3.05, 3.63) is 42.0 Å². The van der Waals surface area contributed by atoms with Crippen molar-refractivity contribution < 1.29 is 14.0 Å². The minimum atomic E-state index is -0.176. The van der Waals surface area contributed by atoms with Gasteiger partial charge in [-0.1, -0.05) is 23.4 Å². The maximum absolute atomic E-state index is 6.06. The summed E-state index contributed by atoms with van der Waals surface area (Å²) in [6, 6.07) is 9.98. The van der Waals surface area contributed by atoms with E-state index in [2.05, 4.69) is 25.3 Å². The average Bonchev–Trinajstić information content (AvgIpc) is 3.20. The first-order valence-corrected chi connectivity index (χ1v) is 9.81. The minimum absolute atomic E-state index is 0. The monoisotopic (exact) mass is 515 g/mol. The number of nitrogens with one attached hydrogen (secondary N) is 1. The number of para-hydroxylation sites is 1. The molecule has 1 saturated heterocycles. The highest BCUT2D eigenvalue weighted by Crippen LogP contribution is 2.19. The molecule has 0 aliphatic carbocycles. The maximum atomic E-state index is 6.06. The normalized spacial score (nSPS) is 16.2. The van der Waals surface area contributed by atoms with E-state index in [0.29, 0.717) is 24.9 Å². The van der Waals surface area contributed by atoms with Crippen molar-refractivity contribution in [3.63, 3.8) is 0 Å². The Morgan fingerprint density at radius 3 is 2.69 bits per heavy atom. The highest BCUT2D eigenvalue weighted by molar-refractivity contribution is 14.0. The number of rotatable bonds is 7. The zero-order valence-corrected chi connectivity index (χ0v) is 19.5. The van der Waals surface area contributed by atoms with Gasteiger partial charge >= 0.3 is 0 Å². The van der Waals surface area contributed by atoms with Gasteiger partial charge < -0.3 is 24.2 Å². The van der Waals surface area contributed by atoms with Crippen molar-refractivity contribution >= 4 is 29.9 Å². The van der Waals surface area contributed by atoms with E-state index >= 15 is 0 Å². The second-order valence-corrected chi connectivity index (χ2v) is 6.66. The van der Waals surface area contributed by atoms with E-state index in [1.165, 1.54) is 0 Å². The number of nitrogens with zero attached hydrogens (tertiary/aromatic N) is 4. The summed E-state index contributed by atoms with van der Waals surface area (Å²) >= 11 is 0. The predicted octanol–water partition coefficient (Wildman–Crippen LogP) is 3.40. The number of halogens is 1. The number of aliphatic imine (C=N–C) groups is 1. The Morgan fingerprint density at radius 2 is 2.03 bits per heavy atom. The molecule has 160 valence electrons. The van der Waals surface area contributed by atoms with Crippen LogP contribution < -0.4 is 10.1 Å². The molecule has 1 atom stereocenters. The first-order valence-electron chi connectivity index (χ1n) is 9.81. The fraction of sp³-hybridized carbons (Fsp3) is 0.550. The summed E-state index contributed by atoms with van der Waals surface area (Å²) in [4.78, 5) is 11.0. The van der Waals surface area contributed by atoms with Gasteiger partial charge in [-0.25, -0.2) is 0 Å². The molecule has 0 amide bonds. The second kappa shape index (κ2) is 12.0. The lowest BCUT2D eigenvalue weighted by atomic mass is 10.1. The number of likely N-dealkylation sites (tertiary alicyclic amines) is 1. The predicted molar refractivity (Wildman–Crippen MR) is 122 cm³/mol. The van der Waals surface area contributed by atoms with Gasteiger partial charge in [-0.15, -0.1) is 24.0 Å². The molecule has 0 radical (unpaired) electrons. The summed E-state index contributed by atoms with van der Waals surface area (Å²) in [5.74, 6) is 2.84. The zero-order valence-electron chi connectivity index (χ0n) is 17.2. The molecule has 0 spiro atoms. The lowest BCUT2D eigenvalue weighted by Gasteiger charge is -2.34. The van der Waals surface area contributed by atoms with Crippen LogP contribution in [0.15, 0.2) is 39.8 Å². The van der Waals surface area contributed by atoms with Gasteiger partial charge in [0.1, 0.15) is 18.0 Å². The van der Waals surface area contributed by atoms with Gasteiger partial charge in [0.15, 0.2) is 11.8 Å². The molecule has 8 nitrogen and oxygen atoms in total. The highest BCUT2D eigenvalue weighted by atomic mass is 127. The van der Waals surface area contributed by atoms with E-state index in [9.17, 15) is 0 Å². The van der Waals surface area contributed by atoms with Gasteiger partial charge in [-0.2, -0.15) is 4.98 Å². The van der Waals surface area contributed by atoms with Crippen LogP contribution in [0, 0.1) is 0 Å². The van der Waals surface area contributed by atoms with E-state index in [-0.39, 0.29) is 36.2 Å². The van der Waals surface area contributed by atoms with Crippen molar-refractivity contribution in [1.82, 2.24) is 20.4 Å². The first kappa shape index (κ1) is 23.4. The molecule has 0 bridgehead atoms. The highest BCUT2D eigenvalue weighted by Gasteiger charge is 2.23. The molecule has 1 N–H and O–H groups in total. The molecule has 1 aliphatic rings. The Morgan fingerprint density at radius 1 is 1.31 bits per heavy atom. The SMILES string of the molecule is CCOC(C)c1noc(CNC(=NC)N2CCC(Oc3ccccc3)CC2)n1.I. The summed E-state index contributed by atoms with van der Waals surface area (Å²) in [7, 11) is 1.78. The standard InChI is InChI=1S/C20H29N5O3.HI/c1-4-26-15(2)19-23-18(28-24-19)14-22-20(21-3)25-12-10-17(11-13-25)27-16-8-6-5-7-9-16;/h5-9,15,17H,4,10-14H2,1-3H3,(H,21,22);1H. The molecular weight excluding hydrogens is 485 g/mol. The minimum Gasteiger partial charge on any atom is -0.490 e. The van der Waals surface area contributed by atoms with Crippen LogP contribution in [0.4, 0.5) is 0 Å². The topological polar surface area (TPSA) is 85.0 Å². The van der Waals surface area contributed by atoms with Crippen molar-refractivity contribution in [2.24, 2.45) is 4.99 Å². The number of benzene rings is 1. The number of ether oxygens (including phenoxy) is 2. The van der Waals surface area contributed by atoms with Gasteiger partial charge in [0, 0.05) is 39.6 Å². The van der Waals surface area contributed by atoms with Gasteiger partial charge in [0.05, 0.1) is 6.54 Å². The van der Waals surface area contributed by atoms with E-state index in [4.69, 9.17) is 14.0 Å². The molecule has 1 aliphatic heterocycles. The van der Waals surface area contributed by atoms with Crippen LogP contribution in [-0.4, -0.2) is 53.8 Å². The van der Waals surface area contributed by atoms with Gasteiger partial charge in [-0.05, 0) is 26.0 Å². The van der Waals surface area contributed by atoms with Crippen molar-refractivity contribution in [2.45, 2.75) is 45.4 Å². The Balaban J connectivity index is 0.00000300. The summed E-state index contributed by atoms with van der Waals surface area (Å²) < 4.78 is 16.8. The van der Waals surface area contributed by atoms with Gasteiger partial charge in [0.2, 0.25) is 5.89 Å². The van der Waals surface area contributed by atoms with Gasteiger partial charge in [-0.3, -0.25) is 4.99 Å². The molecular formula is C20H30IN5O3. The summed E-state index contributed by atoms with van der Waals surface area (Å²) in [5.41, 5.74) is 0. The van der Waals surface area contributed by atoms with Crippen molar-refractivity contribution in [2.75, 3.05) is 26.7 Å². The third-order valence-corrected chi connectivity index (χ3v) is 4.66. The van der Waals surface area contributed by atoms with E-state index in [1.807, 2.05) is 44.2 Å². The Kier molecular flexibility index (Phi) is 9.65. The van der Waals surface area contributed by atoms with Gasteiger partial charge in [0.25, 0.3) is 0 Å². The van der Waals surface area contributed by atoms with Crippen LogP contribution >= 0.6 is 24.0 Å². The smallest absolute Gasteiger partial charge is 0.246 e.